The van der Waals surface area contributed by atoms with Crippen LogP contribution in [0.15, 0.2) is 11.3 Å². The second-order valence-corrected chi connectivity index (χ2v) is 9.37. The molecule has 5 nitrogen and oxygen atoms in total. The lowest BCUT2D eigenvalue weighted by atomic mass is 9.89. The number of nitrogens with one attached hydrogen (secondary N) is 1. The van der Waals surface area contributed by atoms with Crippen molar-refractivity contribution in [1.29, 1.82) is 0 Å². The third-order valence-electron chi connectivity index (χ3n) is 5.26. The first-order chi connectivity index (χ1) is 11.3. The molecule has 0 bridgehead atoms. The fourth-order valence-corrected chi connectivity index (χ4v) is 5.55. The van der Waals surface area contributed by atoms with Gasteiger partial charge in [-0.1, -0.05) is 40.0 Å². The Morgan fingerprint density at radius 2 is 1.96 bits per heavy atom. The Morgan fingerprint density at radius 3 is 2.58 bits per heavy atom. The van der Waals surface area contributed by atoms with E-state index in [1.807, 2.05) is 0 Å². The molecule has 2 N–H and O–H groups in total. The summed E-state index contributed by atoms with van der Waals surface area (Å²) < 4.78 is 0. The van der Waals surface area contributed by atoms with Gasteiger partial charge in [-0.25, -0.2) is 0 Å². The normalized spacial score (nSPS) is 28.5. The van der Waals surface area contributed by atoms with E-state index in [9.17, 15) is 14.7 Å². The number of aliphatic hydroxyl groups excluding tert-OH is 1. The molecule has 2 aliphatic heterocycles. The highest BCUT2D eigenvalue weighted by Gasteiger charge is 2.52. The topological polar surface area (TPSA) is 69.6 Å². The number of amides is 2. The van der Waals surface area contributed by atoms with Crippen molar-refractivity contribution in [3.05, 3.63) is 11.3 Å². The Hall–Kier alpha value is -1.17. The van der Waals surface area contributed by atoms with Crippen LogP contribution in [0, 0.1) is 11.3 Å². The summed E-state index contributed by atoms with van der Waals surface area (Å²) in [6, 6.07) is -0.345. The van der Waals surface area contributed by atoms with Crippen molar-refractivity contribution in [2.75, 3.05) is 12.3 Å². The van der Waals surface area contributed by atoms with Crippen LogP contribution < -0.4 is 5.32 Å². The standard InChI is InChI=1S/C18H28N2O3S/c1-18(2,3)17-20-12(10-24-17)14(21)13(16(20)23)15(22)19-9-11-7-5-4-6-8-11/h11-12,17,21H,4-10H2,1-3H3,(H,19,22)/t12-,17-/m1/s1. The lowest BCUT2D eigenvalue weighted by Crippen LogP contribution is -2.44. The van der Waals surface area contributed by atoms with Gasteiger partial charge in [0, 0.05) is 12.3 Å². The molecule has 24 heavy (non-hydrogen) atoms. The number of carbonyl (C=O) groups is 2. The molecule has 3 aliphatic rings. The molecule has 2 amide bonds. The average Bonchev–Trinajstić information content (AvgIpc) is 3.07. The Balaban J connectivity index is 1.68. The van der Waals surface area contributed by atoms with Gasteiger partial charge < -0.3 is 15.3 Å². The molecule has 0 aromatic carbocycles. The van der Waals surface area contributed by atoms with Gasteiger partial charge in [0.05, 0.1) is 5.37 Å². The van der Waals surface area contributed by atoms with E-state index in [0.29, 0.717) is 18.2 Å². The number of hydrogen-bond acceptors (Lipinski definition) is 4. The van der Waals surface area contributed by atoms with Crippen LogP contribution in [-0.2, 0) is 9.59 Å². The molecule has 1 saturated carbocycles. The van der Waals surface area contributed by atoms with Crippen LogP contribution in [0.25, 0.3) is 0 Å². The first-order valence-corrected chi connectivity index (χ1v) is 10.0. The van der Waals surface area contributed by atoms with Crippen molar-refractivity contribution >= 4 is 23.6 Å². The van der Waals surface area contributed by atoms with Gasteiger partial charge in [0.1, 0.15) is 17.4 Å². The molecular weight excluding hydrogens is 324 g/mol. The summed E-state index contributed by atoms with van der Waals surface area (Å²) in [7, 11) is 0. The maximum Gasteiger partial charge on any atom is 0.264 e. The van der Waals surface area contributed by atoms with Crippen LogP contribution in [0.4, 0.5) is 0 Å². The number of aliphatic hydroxyl groups is 1. The number of nitrogens with zero attached hydrogens (tertiary/aromatic N) is 1. The van der Waals surface area contributed by atoms with Crippen molar-refractivity contribution in [3.8, 4) is 0 Å². The quantitative estimate of drug-likeness (QED) is 0.766. The SMILES string of the molecule is CC(C)(C)[C@H]1SC[C@@H]2C(O)=C(C(=O)NCC3CCCCC3)C(=O)N21. The molecule has 3 rings (SSSR count). The van der Waals surface area contributed by atoms with Crippen molar-refractivity contribution in [1.82, 2.24) is 10.2 Å². The molecule has 0 spiro atoms. The Labute approximate surface area is 148 Å². The number of carbonyl (C=O) groups excluding carboxylic acids is 2. The van der Waals surface area contributed by atoms with E-state index in [1.54, 1.807) is 16.7 Å². The van der Waals surface area contributed by atoms with Gasteiger partial charge in [-0.05, 0) is 24.2 Å². The van der Waals surface area contributed by atoms with Crippen molar-refractivity contribution in [2.45, 2.75) is 64.3 Å². The van der Waals surface area contributed by atoms with Crippen LogP contribution in [0.5, 0.6) is 0 Å². The van der Waals surface area contributed by atoms with E-state index >= 15 is 0 Å². The molecule has 0 aromatic heterocycles. The van der Waals surface area contributed by atoms with Crippen molar-refractivity contribution in [2.24, 2.45) is 11.3 Å². The zero-order valence-corrected chi connectivity index (χ0v) is 15.6. The number of rotatable bonds is 3. The molecule has 2 heterocycles. The minimum atomic E-state index is -0.407. The monoisotopic (exact) mass is 352 g/mol. The smallest absolute Gasteiger partial charge is 0.264 e. The molecule has 2 atom stereocenters. The molecule has 0 aromatic rings. The fourth-order valence-electron chi connectivity index (χ4n) is 3.97. The molecule has 6 heteroatoms. The van der Waals surface area contributed by atoms with E-state index in [-0.39, 0.29) is 34.1 Å². The third-order valence-corrected chi connectivity index (χ3v) is 7.02. The molecule has 134 valence electrons. The second-order valence-electron chi connectivity index (χ2n) is 8.25. The van der Waals surface area contributed by atoms with E-state index in [4.69, 9.17) is 0 Å². The van der Waals surface area contributed by atoms with Crippen LogP contribution in [0.1, 0.15) is 52.9 Å². The minimum Gasteiger partial charge on any atom is -0.509 e. The second kappa shape index (κ2) is 6.62. The first-order valence-electron chi connectivity index (χ1n) is 8.96. The van der Waals surface area contributed by atoms with E-state index in [1.165, 1.54) is 19.3 Å². The van der Waals surface area contributed by atoms with E-state index in [0.717, 1.165) is 12.8 Å². The maximum atomic E-state index is 12.8. The van der Waals surface area contributed by atoms with E-state index in [2.05, 4.69) is 26.1 Å². The first kappa shape index (κ1) is 17.6. The van der Waals surface area contributed by atoms with Crippen LogP contribution >= 0.6 is 11.8 Å². The summed E-state index contributed by atoms with van der Waals surface area (Å²) in [5.41, 5.74) is -0.131. The molecule has 2 fully saturated rings. The molecular formula is C18H28N2O3S. The highest BCUT2D eigenvalue weighted by atomic mass is 32.2. The van der Waals surface area contributed by atoms with Crippen LogP contribution in [0.3, 0.4) is 0 Å². The number of hydrogen-bond donors (Lipinski definition) is 2. The number of thioether (sulfide) groups is 1. The largest absolute Gasteiger partial charge is 0.509 e. The average molecular weight is 353 g/mol. The van der Waals surface area contributed by atoms with Crippen LogP contribution in [-0.4, -0.2) is 45.5 Å². The molecule has 0 radical (unpaired) electrons. The van der Waals surface area contributed by atoms with Gasteiger partial charge >= 0.3 is 0 Å². The lowest BCUT2D eigenvalue weighted by Gasteiger charge is -2.33. The Bertz CT molecular complexity index is 561. The summed E-state index contributed by atoms with van der Waals surface area (Å²) in [6.45, 7) is 6.85. The summed E-state index contributed by atoms with van der Waals surface area (Å²) in [4.78, 5) is 27.0. The highest BCUT2D eigenvalue weighted by molar-refractivity contribution is 8.00. The number of fused-ring (bicyclic) bond motifs is 1. The fraction of sp³-hybridized carbons (Fsp3) is 0.778. The third kappa shape index (κ3) is 3.17. The van der Waals surface area contributed by atoms with Crippen molar-refractivity contribution in [3.63, 3.8) is 0 Å². The zero-order chi connectivity index (χ0) is 17.5. The lowest BCUT2D eigenvalue weighted by molar-refractivity contribution is -0.131. The molecule has 1 saturated heterocycles. The van der Waals surface area contributed by atoms with Gasteiger partial charge in [0.15, 0.2) is 0 Å². The predicted octanol–water partition coefficient (Wildman–Crippen LogP) is 2.82. The summed E-state index contributed by atoms with van der Waals surface area (Å²) >= 11 is 1.68. The van der Waals surface area contributed by atoms with Gasteiger partial charge in [-0.2, -0.15) is 0 Å². The Kier molecular flexibility index (Phi) is 4.87. The highest BCUT2D eigenvalue weighted by Crippen LogP contribution is 2.45. The van der Waals surface area contributed by atoms with Gasteiger partial charge in [-0.15, -0.1) is 11.8 Å². The summed E-state index contributed by atoms with van der Waals surface area (Å²) in [6.07, 6.45) is 5.98. The zero-order valence-electron chi connectivity index (χ0n) is 14.8. The molecule has 0 unspecified atom stereocenters. The van der Waals surface area contributed by atoms with E-state index < -0.39 is 5.91 Å². The molecule has 1 aliphatic carbocycles. The van der Waals surface area contributed by atoms with Crippen LogP contribution in [0.2, 0.25) is 0 Å². The van der Waals surface area contributed by atoms with Crippen molar-refractivity contribution < 1.29 is 14.7 Å². The minimum absolute atomic E-state index is 0.0132. The summed E-state index contributed by atoms with van der Waals surface area (Å²) in [5.74, 6) is 0.387. The Morgan fingerprint density at radius 1 is 1.29 bits per heavy atom. The summed E-state index contributed by atoms with van der Waals surface area (Å²) in [5, 5.41) is 13.3. The maximum absolute atomic E-state index is 12.8. The van der Waals surface area contributed by atoms with Gasteiger partial charge in [0.2, 0.25) is 0 Å². The van der Waals surface area contributed by atoms with Gasteiger partial charge in [0.25, 0.3) is 11.8 Å². The van der Waals surface area contributed by atoms with Gasteiger partial charge in [-0.3, -0.25) is 9.59 Å². The predicted molar refractivity (Wildman–Crippen MR) is 95.6 cm³/mol.